The third kappa shape index (κ3) is 1.76. The lowest BCUT2D eigenvalue weighted by molar-refractivity contribution is -0.144. The second-order valence-electron chi connectivity index (χ2n) is 5.04. The van der Waals surface area contributed by atoms with E-state index in [9.17, 15) is 4.79 Å². The van der Waals surface area contributed by atoms with Crippen LogP contribution in [0, 0.1) is 0 Å². The fourth-order valence-corrected chi connectivity index (χ4v) is 2.45. The number of carbonyl (C=O) groups is 1. The third-order valence-corrected chi connectivity index (χ3v) is 3.74. The molecule has 2 saturated heterocycles. The Kier molecular flexibility index (Phi) is 2.73. The molecule has 0 aliphatic carbocycles. The number of hydrogen-bond donors (Lipinski definition) is 1. The van der Waals surface area contributed by atoms with Gasteiger partial charge in [-0.3, -0.25) is 4.79 Å². The molecule has 0 aromatic carbocycles. The lowest BCUT2D eigenvalue weighted by atomic mass is 9.96. The first-order chi connectivity index (χ1) is 7.03. The molecule has 0 spiro atoms. The highest BCUT2D eigenvalue weighted by Gasteiger charge is 2.44. The molecule has 0 aromatic rings. The normalized spacial score (nSPS) is 34.7. The highest BCUT2D eigenvalue weighted by molar-refractivity contribution is 5.82. The van der Waals surface area contributed by atoms with Gasteiger partial charge in [0.05, 0.1) is 5.54 Å². The zero-order valence-corrected chi connectivity index (χ0v) is 9.53. The van der Waals surface area contributed by atoms with Gasteiger partial charge in [0.15, 0.2) is 0 Å². The fourth-order valence-electron chi connectivity index (χ4n) is 2.45. The van der Waals surface area contributed by atoms with E-state index >= 15 is 0 Å². The van der Waals surface area contributed by atoms with Crippen molar-refractivity contribution in [2.75, 3.05) is 13.2 Å². The maximum atomic E-state index is 12.2. The molecule has 4 heteroatoms. The highest BCUT2D eigenvalue weighted by Crippen LogP contribution is 2.29. The van der Waals surface area contributed by atoms with Crippen molar-refractivity contribution in [2.45, 2.75) is 50.8 Å². The van der Waals surface area contributed by atoms with Crippen LogP contribution in [0.5, 0.6) is 0 Å². The highest BCUT2D eigenvalue weighted by atomic mass is 16.5. The van der Waals surface area contributed by atoms with E-state index in [0.717, 1.165) is 32.4 Å². The quantitative estimate of drug-likeness (QED) is 0.688. The van der Waals surface area contributed by atoms with Crippen molar-refractivity contribution in [1.29, 1.82) is 0 Å². The van der Waals surface area contributed by atoms with Crippen LogP contribution in [0.3, 0.4) is 0 Å². The first-order valence-electron chi connectivity index (χ1n) is 5.72. The molecule has 2 rings (SSSR count). The van der Waals surface area contributed by atoms with Crippen LogP contribution in [0.1, 0.15) is 33.1 Å². The van der Waals surface area contributed by atoms with Crippen molar-refractivity contribution in [3.63, 3.8) is 0 Å². The van der Waals surface area contributed by atoms with Gasteiger partial charge in [0.2, 0.25) is 0 Å². The Bertz CT molecular complexity index is 259. The van der Waals surface area contributed by atoms with Crippen LogP contribution in [0.2, 0.25) is 0 Å². The summed E-state index contributed by atoms with van der Waals surface area (Å²) in [6.45, 7) is 5.57. The van der Waals surface area contributed by atoms with Crippen molar-refractivity contribution in [3.05, 3.63) is 0 Å². The van der Waals surface area contributed by atoms with Crippen molar-refractivity contribution < 1.29 is 9.53 Å². The summed E-state index contributed by atoms with van der Waals surface area (Å²) in [7, 11) is 0. The summed E-state index contributed by atoms with van der Waals surface area (Å²) in [5, 5.41) is 0. The molecule has 0 radical (unpaired) electrons. The summed E-state index contributed by atoms with van der Waals surface area (Å²) >= 11 is 0. The molecule has 0 aromatic heterocycles. The Morgan fingerprint density at radius 2 is 2.20 bits per heavy atom. The summed E-state index contributed by atoms with van der Waals surface area (Å²) in [6.07, 6.45) is 2.54. The van der Waals surface area contributed by atoms with Gasteiger partial charge in [-0.15, -0.1) is 0 Å². The Morgan fingerprint density at radius 1 is 1.47 bits per heavy atom. The molecule has 0 bridgehead atoms. The Morgan fingerprint density at radius 3 is 2.67 bits per heavy atom. The average Bonchev–Trinajstić information content (AvgIpc) is 2.76. The number of ether oxygens (including phenoxy) is 1. The number of nitrogens with zero attached hydrogens (tertiary/aromatic N) is 1. The van der Waals surface area contributed by atoms with Crippen LogP contribution < -0.4 is 5.73 Å². The SMILES string of the molecule is CC1(C)C(N)CCN1C(=O)C1CCCO1. The minimum Gasteiger partial charge on any atom is -0.368 e. The monoisotopic (exact) mass is 212 g/mol. The lowest BCUT2D eigenvalue weighted by Gasteiger charge is -2.35. The van der Waals surface area contributed by atoms with Gasteiger partial charge in [-0.1, -0.05) is 0 Å². The fraction of sp³-hybridized carbons (Fsp3) is 0.909. The second kappa shape index (κ2) is 3.76. The van der Waals surface area contributed by atoms with E-state index in [4.69, 9.17) is 10.5 Å². The summed E-state index contributed by atoms with van der Waals surface area (Å²) in [4.78, 5) is 14.1. The third-order valence-electron chi connectivity index (χ3n) is 3.74. The summed E-state index contributed by atoms with van der Waals surface area (Å²) in [5.41, 5.74) is 5.79. The molecular weight excluding hydrogens is 192 g/mol. The van der Waals surface area contributed by atoms with Gasteiger partial charge in [-0.25, -0.2) is 0 Å². The van der Waals surface area contributed by atoms with Gasteiger partial charge in [0.1, 0.15) is 6.10 Å². The van der Waals surface area contributed by atoms with Crippen LogP contribution >= 0.6 is 0 Å². The molecule has 0 saturated carbocycles. The standard InChI is InChI=1S/C11H20N2O2/c1-11(2)9(12)5-6-13(11)10(14)8-4-3-7-15-8/h8-9H,3-7,12H2,1-2H3. The number of hydrogen-bond acceptors (Lipinski definition) is 3. The number of amides is 1. The summed E-state index contributed by atoms with van der Waals surface area (Å²) in [6, 6.07) is 0.0860. The largest absolute Gasteiger partial charge is 0.368 e. The minimum absolute atomic E-state index is 0.0860. The molecule has 2 aliphatic rings. The number of likely N-dealkylation sites (tertiary alicyclic amines) is 1. The first-order valence-corrected chi connectivity index (χ1v) is 5.72. The molecular formula is C11H20N2O2. The number of rotatable bonds is 1. The molecule has 1 amide bonds. The zero-order valence-electron chi connectivity index (χ0n) is 9.53. The van der Waals surface area contributed by atoms with Crippen LogP contribution in [0.25, 0.3) is 0 Å². The van der Waals surface area contributed by atoms with Gasteiger partial charge < -0.3 is 15.4 Å². The van der Waals surface area contributed by atoms with Crippen LogP contribution in [0.15, 0.2) is 0 Å². The van der Waals surface area contributed by atoms with E-state index in [2.05, 4.69) is 0 Å². The Labute approximate surface area is 90.8 Å². The lowest BCUT2D eigenvalue weighted by Crippen LogP contribution is -2.53. The molecule has 2 N–H and O–H groups in total. The van der Waals surface area contributed by atoms with E-state index in [1.807, 2.05) is 18.7 Å². The van der Waals surface area contributed by atoms with Crippen molar-refractivity contribution in [3.8, 4) is 0 Å². The van der Waals surface area contributed by atoms with Gasteiger partial charge in [-0.05, 0) is 33.1 Å². The van der Waals surface area contributed by atoms with E-state index in [1.165, 1.54) is 0 Å². The van der Waals surface area contributed by atoms with Crippen molar-refractivity contribution in [1.82, 2.24) is 4.90 Å². The molecule has 2 aliphatic heterocycles. The van der Waals surface area contributed by atoms with Crippen molar-refractivity contribution in [2.24, 2.45) is 5.73 Å². The summed E-state index contributed by atoms with van der Waals surface area (Å²) < 4.78 is 5.42. The van der Waals surface area contributed by atoms with E-state index in [1.54, 1.807) is 0 Å². The van der Waals surface area contributed by atoms with Gasteiger partial charge in [-0.2, -0.15) is 0 Å². The van der Waals surface area contributed by atoms with E-state index in [-0.39, 0.29) is 23.6 Å². The maximum absolute atomic E-state index is 12.2. The Balaban J connectivity index is 2.07. The van der Waals surface area contributed by atoms with Crippen LogP contribution in [0.4, 0.5) is 0 Å². The Hall–Kier alpha value is -0.610. The van der Waals surface area contributed by atoms with Crippen LogP contribution in [-0.4, -0.2) is 41.6 Å². The molecule has 15 heavy (non-hydrogen) atoms. The molecule has 2 unspecified atom stereocenters. The zero-order chi connectivity index (χ0) is 11.1. The number of nitrogens with two attached hydrogens (primary N) is 1. The number of carbonyl (C=O) groups excluding carboxylic acids is 1. The molecule has 4 nitrogen and oxygen atoms in total. The second-order valence-corrected chi connectivity index (χ2v) is 5.04. The molecule has 86 valence electrons. The predicted molar refractivity (Wildman–Crippen MR) is 57.4 cm³/mol. The van der Waals surface area contributed by atoms with Gasteiger partial charge >= 0.3 is 0 Å². The van der Waals surface area contributed by atoms with Crippen molar-refractivity contribution >= 4 is 5.91 Å². The average molecular weight is 212 g/mol. The minimum atomic E-state index is -0.219. The maximum Gasteiger partial charge on any atom is 0.252 e. The van der Waals surface area contributed by atoms with Crippen LogP contribution in [-0.2, 0) is 9.53 Å². The van der Waals surface area contributed by atoms with Gasteiger partial charge in [0, 0.05) is 19.2 Å². The summed E-state index contributed by atoms with van der Waals surface area (Å²) in [5.74, 6) is 0.130. The molecule has 2 heterocycles. The first kappa shape index (κ1) is 10.9. The molecule has 2 fully saturated rings. The van der Waals surface area contributed by atoms with Gasteiger partial charge in [0.25, 0.3) is 5.91 Å². The smallest absolute Gasteiger partial charge is 0.252 e. The predicted octanol–water partition coefficient (Wildman–Crippen LogP) is 0.504. The van der Waals surface area contributed by atoms with E-state index in [0.29, 0.717) is 0 Å². The molecule has 2 atom stereocenters. The van der Waals surface area contributed by atoms with E-state index < -0.39 is 0 Å². The topological polar surface area (TPSA) is 55.6 Å².